The largest absolute Gasteiger partial charge is 0.507 e. The van der Waals surface area contributed by atoms with Gasteiger partial charge in [-0.05, 0) is 163 Å². The second-order valence-electron chi connectivity index (χ2n) is 20.7. The summed E-state index contributed by atoms with van der Waals surface area (Å²) in [5.41, 5.74) is 14.3. The Morgan fingerprint density at radius 2 is 0.957 bits per heavy atom. The molecule has 0 aliphatic carbocycles. The third-order valence-electron chi connectivity index (χ3n) is 13.2. The fraction of sp³-hybridized carbons (Fsp3) is 0.258. The quantitative estimate of drug-likeness (QED) is 0.113. The van der Waals surface area contributed by atoms with Crippen LogP contribution < -0.4 is 0 Å². The first-order valence-corrected chi connectivity index (χ1v) is 24.5. The molecule has 3 heterocycles. The first-order chi connectivity index (χ1) is 32.8. The zero-order chi connectivity index (χ0) is 47.4. The van der Waals surface area contributed by atoms with E-state index >= 15 is 0 Å². The van der Waals surface area contributed by atoms with Gasteiger partial charge in [0.25, 0.3) is 0 Å². The van der Waals surface area contributed by atoms with Crippen LogP contribution in [0, 0.1) is 23.7 Å². The van der Waals surface area contributed by atoms with Crippen molar-refractivity contribution in [2.75, 3.05) is 0 Å². The maximum absolute atomic E-state index is 11.7. The number of benzene rings is 7. The van der Waals surface area contributed by atoms with Crippen molar-refractivity contribution in [3.63, 3.8) is 0 Å². The molecule has 0 aliphatic rings. The maximum Gasteiger partial charge on any atom is 0.127 e. The predicted molar refractivity (Wildman–Crippen MR) is 287 cm³/mol. The van der Waals surface area contributed by atoms with Gasteiger partial charge in [0.1, 0.15) is 11.5 Å². The van der Waals surface area contributed by atoms with Crippen molar-refractivity contribution < 1.29 is 31.3 Å². The molecule has 10 rings (SSSR count). The number of hydrogen-bond acceptors (Lipinski definition) is 4. The molecule has 0 spiro atoms. The number of aromatic hydroxyl groups is 2. The van der Waals surface area contributed by atoms with Crippen LogP contribution in [0.15, 0.2) is 145 Å². The van der Waals surface area contributed by atoms with Gasteiger partial charge in [0.05, 0.1) is 56.4 Å². The fourth-order valence-electron chi connectivity index (χ4n) is 10.5. The summed E-state index contributed by atoms with van der Waals surface area (Å²) in [6.07, 6.45) is 5.82. The Bertz CT molecular complexity index is 3440. The van der Waals surface area contributed by atoms with Gasteiger partial charge in [-0.25, -0.2) is 4.98 Å². The van der Waals surface area contributed by atoms with Crippen LogP contribution in [0.5, 0.6) is 11.5 Å². The second-order valence-corrected chi connectivity index (χ2v) is 20.7. The molecular weight excluding hydrogens is 1030 g/mol. The average molecular weight is 1090 g/mol. The van der Waals surface area contributed by atoms with E-state index in [1.807, 2.05) is 48.5 Å². The molecule has 0 radical (unpaired) electrons. The normalized spacial score (nSPS) is 12.2. The SMILES string of the molecule is CC(C)Cc1ccc2c(c1)c1cc(CC(C)C)ccc1n2-c1ccc(-c2cccc(C=Nc3cccc4c(-n5c6ccc(CC(C)C)cc6c6cc(CC(C)C)ccc65)ccc(O)c34)n2)c(O)c1.[Pt]. The van der Waals surface area contributed by atoms with E-state index in [0.717, 1.165) is 64.5 Å². The zero-order valence-corrected chi connectivity index (χ0v) is 43.3. The summed E-state index contributed by atoms with van der Waals surface area (Å²) in [6, 6.07) is 48.9. The van der Waals surface area contributed by atoms with E-state index in [-0.39, 0.29) is 32.6 Å². The van der Waals surface area contributed by atoms with Crippen LogP contribution in [0.4, 0.5) is 5.69 Å². The van der Waals surface area contributed by atoms with Gasteiger partial charge in [-0.1, -0.05) is 97.9 Å². The molecule has 7 heteroatoms. The third-order valence-corrected chi connectivity index (χ3v) is 13.2. The molecular formula is C62H62N4O2Pt. The van der Waals surface area contributed by atoms with Crippen molar-refractivity contribution in [1.82, 2.24) is 14.1 Å². The molecule has 0 saturated heterocycles. The number of rotatable bonds is 13. The summed E-state index contributed by atoms with van der Waals surface area (Å²) >= 11 is 0. The predicted octanol–water partition coefficient (Wildman–Crippen LogP) is 16.0. The number of phenols is 2. The van der Waals surface area contributed by atoms with Crippen LogP contribution in [0.1, 0.15) is 83.3 Å². The minimum atomic E-state index is 0. The van der Waals surface area contributed by atoms with Gasteiger partial charge < -0.3 is 19.3 Å². The van der Waals surface area contributed by atoms with E-state index in [1.165, 1.54) is 43.8 Å². The number of nitrogens with zero attached hydrogens (tertiary/aromatic N) is 4. The summed E-state index contributed by atoms with van der Waals surface area (Å²) < 4.78 is 4.61. The fourth-order valence-corrected chi connectivity index (χ4v) is 10.5. The number of aromatic nitrogens is 3. The van der Waals surface area contributed by atoms with Gasteiger partial charge in [0.15, 0.2) is 0 Å². The van der Waals surface area contributed by atoms with Crippen LogP contribution in [0.2, 0.25) is 0 Å². The summed E-state index contributed by atoms with van der Waals surface area (Å²) in [6.45, 7) is 18.1. The summed E-state index contributed by atoms with van der Waals surface area (Å²) in [7, 11) is 0. The Hall–Kier alpha value is -6.49. The molecule has 0 aliphatic heterocycles. The molecule has 0 atom stereocenters. The van der Waals surface area contributed by atoms with Crippen LogP contribution in [0.25, 0.3) is 77.0 Å². The molecule has 0 bridgehead atoms. The molecule has 10 aromatic rings. The maximum atomic E-state index is 11.7. The van der Waals surface area contributed by atoms with Gasteiger partial charge >= 0.3 is 0 Å². The minimum Gasteiger partial charge on any atom is -0.507 e. The summed E-state index contributed by atoms with van der Waals surface area (Å²) in [5.74, 6) is 2.54. The van der Waals surface area contributed by atoms with E-state index in [9.17, 15) is 10.2 Å². The van der Waals surface area contributed by atoms with Gasteiger partial charge in [0.2, 0.25) is 0 Å². The first kappa shape index (κ1) is 47.6. The van der Waals surface area contributed by atoms with Crippen LogP contribution in [-0.4, -0.2) is 30.5 Å². The Kier molecular flexibility index (Phi) is 13.4. The number of phenolic OH excluding ortho intramolecular Hbond substituents is 2. The van der Waals surface area contributed by atoms with E-state index in [2.05, 4.69) is 149 Å². The minimum absolute atomic E-state index is 0. The zero-order valence-electron chi connectivity index (χ0n) is 41.0. The Labute approximate surface area is 420 Å². The number of fused-ring (bicyclic) bond motifs is 7. The van der Waals surface area contributed by atoms with Crippen molar-refractivity contribution >= 4 is 66.3 Å². The van der Waals surface area contributed by atoms with Crippen molar-refractivity contribution in [2.24, 2.45) is 28.7 Å². The molecule has 6 nitrogen and oxygen atoms in total. The third kappa shape index (κ3) is 9.36. The van der Waals surface area contributed by atoms with Crippen molar-refractivity contribution in [1.29, 1.82) is 0 Å². The number of aliphatic imine (C=N–C) groups is 1. The molecule has 352 valence electrons. The molecule has 0 unspecified atom stereocenters. The Morgan fingerprint density at radius 1 is 0.478 bits per heavy atom. The molecule has 3 aromatic heterocycles. The number of pyridine rings is 1. The van der Waals surface area contributed by atoms with Crippen LogP contribution in [0.3, 0.4) is 0 Å². The first-order valence-electron chi connectivity index (χ1n) is 24.5. The van der Waals surface area contributed by atoms with Gasteiger partial charge in [0, 0.05) is 65.3 Å². The van der Waals surface area contributed by atoms with Gasteiger partial charge in [-0.3, -0.25) is 4.99 Å². The van der Waals surface area contributed by atoms with E-state index in [1.54, 1.807) is 12.3 Å². The molecule has 69 heavy (non-hydrogen) atoms. The standard InChI is InChI=1S/C62H62N4O2.Pt/c1-37(2)27-41-15-21-56-49(31-41)50-32-42(28-38(3)4)16-22-57(50)65(56)46-19-20-47(61(68)35-46)53-13-9-11-45(64-53)36-63-54-14-10-12-48-55(25-26-60(67)62(48)54)66-58-23-17-43(29-39(5)6)33-51(58)52-34-44(30-40(7)8)18-24-59(52)66;/h9-26,31-40,67-68H,27-30H2,1-8H3;. The summed E-state index contributed by atoms with van der Waals surface area (Å²) in [5, 5.41) is 29.8. The second kappa shape index (κ2) is 19.5. The van der Waals surface area contributed by atoms with Crippen molar-refractivity contribution in [3.05, 3.63) is 167 Å². The van der Waals surface area contributed by atoms with Crippen molar-refractivity contribution in [3.8, 4) is 34.1 Å². The average Bonchev–Trinajstić information content (AvgIpc) is 3.79. The topological polar surface area (TPSA) is 75.6 Å². The van der Waals surface area contributed by atoms with E-state index in [0.29, 0.717) is 51.7 Å². The molecule has 7 aromatic carbocycles. The molecule has 0 saturated carbocycles. The van der Waals surface area contributed by atoms with Crippen LogP contribution in [-0.2, 0) is 46.7 Å². The van der Waals surface area contributed by atoms with Gasteiger partial charge in [-0.15, -0.1) is 0 Å². The summed E-state index contributed by atoms with van der Waals surface area (Å²) in [4.78, 5) is 9.95. The van der Waals surface area contributed by atoms with Crippen molar-refractivity contribution in [2.45, 2.75) is 81.1 Å². The van der Waals surface area contributed by atoms with Crippen LogP contribution >= 0.6 is 0 Å². The van der Waals surface area contributed by atoms with Gasteiger partial charge in [-0.2, -0.15) is 0 Å². The molecule has 2 N–H and O–H groups in total. The van der Waals surface area contributed by atoms with E-state index < -0.39 is 0 Å². The Balaban J connectivity index is 0.00000593. The molecule has 0 fully saturated rings. The van der Waals surface area contributed by atoms with E-state index in [4.69, 9.17) is 9.98 Å². The Morgan fingerprint density at radius 3 is 1.43 bits per heavy atom. The molecule has 0 amide bonds. The monoisotopic (exact) mass is 1090 g/mol. The smallest absolute Gasteiger partial charge is 0.127 e. The number of hydrogen-bond donors (Lipinski definition) is 2.